The Morgan fingerprint density at radius 2 is 1.77 bits per heavy atom. The molecule has 1 fully saturated rings. The van der Waals surface area contributed by atoms with E-state index in [0.29, 0.717) is 10.6 Å². The summed E-state index contributed by atoms with van der Waals surface area (Å²) in [5.41, 5.74) is 0.507. The molecule has 4 amide bonds. The first kappa shape index (κ1) is 20.1. The topological polar surface area (TPSA) is 140 Å². The van der Waals surface area contributed by atoms with Crippen molar-refractivity contribution in [3.05, 3.63) is 63.1 Å². The van der Waals surface area contributed by atoms with Gasteiger partial charge < -0.3 is 9.88 Å². The van der Waals surface area contributed by atoms with Gasteiger partial charge in [-0.1, -0.05) is 30.3 Å². The molecule has 4 rings (SSSR count). The second kappa shape index (κ2) is 6.93. The van der Waals surface area contributed by atoms with Gasteiger partial charge in [-0.3, -0.25) is 28.9 Å². The van der Waals surface area contributed by atoms with Crippen LogP contribution in [0.15, 0.2) is 46.2 Å². The van der Waals surface area contributed by atoms with Gasteiger partial charge in [-0.25, -0.2) is 14.6 Å². The third-order valence-corrected chi connectivity index (χ3v) is 5.31. The number of hydrogen-bond donors (Lipinski definition) is 2. The normalized spacial score (nSPS) is 18.5. The van der Waals surface area contributed by atoms with Gasteiger partial charge in [-0.05, 0) is 12.5 Å². The zero-order chi connectivity index (χ0) is 22.5. The van der Waals surface area contributed by atoms with Gasteiger partial charge in [-0.2, -0.15) is 5.01 Å². The lowest BCUT2D eigenvalue weighted by Gasteiger charge is -2.22. The number of amides is 4. The van der Waals surface area contributed by atoms with E-state index in [1.165, 1.54) is 29.6 Å². The van der Waals surface area contributed by atoms with Crippen LogP contribution < -0.4 is 22.0 Å². The maximum absolute atomic E-state index is 12.9. The summed E-state index contributed by atoms with van der Waals surface area (Å²) in [4.78, 5) is 66.4. The summed E-state index contributed by atoms with van der Waals surface area (Å²) < 4.78 is 3.34. The summed E-state index contributed by atoms with van der Waals surface area (Å²) in [5.74, 6) is -1.37. The summed E-state index contributed by atoms with van der Waals surface area (Å²) >= 11 is 0. The predicted octanol–water partition coefficient (Wildman–Crippen LogP) is -1.07. The number of nitrogens with zero attached hydrogens (tertiary/aromatic N) is 5. The lowest BCUT2D eigenvalue weighted by molar-refractivity contribution is -0.139. The minimum absolute atomic E-state index is 0.0473. The molecule has 1 atom stereocenters. The molecule has 1 aliphatic rings. The highest BCUT2D eigenvalue weighted by Gasteiger charge is 2.49. The second-order valence-electron chi connectivity index (χ2n) is 7.35. The van der Waals surface area contributed by atoms with Crippen molar-refractivity contribution in [2.45, 2.75) is 19.0 Å². The number of carbonyl (C=O) groups excluding carboxylic acids is 3. The van der Waals surface area contributed by atoms with Crippen molar-refractivity contribution in [1.29, 1.82) is 0 Å². The van der Waals surface area contributed by atoms with Gasteiger partial charge in [0.1, 0.15) is 12.1 Å². The Kier molecular flexibility index (Phi) is 4.49. The van der Waals surface area contributed by atoms with Gasteiger partial charge >= 0.3 is 11.7 Å². The molecule has 12 heteroatoms. The number of benzene rings is 1. The van der Waals surface area contributed by atoms with Crippen molar-refractivity contribution in [1.82, 2.24) is 34.4 Å². The summed E-state index contributed by atoms with van der Waals surface area (Å²) in [5, 5.41) is 3.20. The Morgan fingerprint density at radius 1 is 1.10 bits per heavy atom. The second-order valence-corrected chi connectivity index (χ2v) is 7.35. The maximum Gasteiger partial charge on any atom is 0.344 e. The minimum Gasteiger partial charge on any atom is -0.318 e. The van der Waals surface area contributed by atoms with E-state index < -0.39 is 41.2 Å². The third kappa shape index (κ3) is 2.99. The summed E-state index contributed by atoms with van der Waals surface area (Å²) in [7, 11) is 2.78. The summed E-state index contributed by atoms with van der Waals surface area (Å²) in [6, 6.07) is 7.86. The molecule has 2 aromatic heterocycles. The highest BCUT2D eigenvalue weighted by atomic mass is 16.2. The smallest absolute Gasteiger partial charge is 0.318 e. The quantitative estimate of drug-likeness (QED) is 0.510. The van der Waals surface area contributed by atoms with Crippen LogP contribution in [0.5, 0.6) is 0 Å². The average molecular weight is 425 g/mol. The van der Waals surface area contributed by atoms with Crippen LogP contribution in [-0.4, -0.2) is 41.5 Å². The molecule has 0 unspecified atom stereocenters. The first-order valence-corrected chi connectivity index (χ1v) is 9.27. The van der Waals surface area contributed by atoms with Crippen LogP contribution in [0.4, 0.5) is 4.79 Å². The molecule has 0 aliphatic carbocycles. The number of hydrogen-bond acceptors (Lipinski definition) is 6. The van der Waals surface area contributed by atoms with Crippen molar-refractivity contribution in [3.8, 4) is 0 Å². The van der Waals surface area contributed by atoms with Crippen LogP contribution >= 0.6 is 0 Å². The Balaban J connectivity index is 1.59. The van der Waals surface area contributed by atoms with Crippen LogP contribution in [0.25, 0.3) is 11.2 Å². The lowest BCUT2D eigenvalue weighted by Crippen LogP contribution is -2.49. The molecule has 2 N–H and O–H groups in total. The van der Waals surface area contributed by atoms with E-state index in [1.807, 2.05) is 0 Å². The zero-order valence-corrected chi connectivity index (χ0v) is 16.9. The molecule has 160 valence electrons. The number of imidazole rings is 1. The van der Waals surface area contributed by atoms with Crippen LogP contribution in [0, 0.1) is 0 Å². The summed E-state index contributed by atoms with van der Waals surface area (Å²) in [6.07, 6.45) is 1.24. The number of aromatic nitrogens is 4. The van der Waals surface area contributed by atoms with Crippen LogP contribution in [0.1, 0.15) is 12.5 Å². The van der Waals surface area contributed by atoms with E-state index >= 15 is 0 Å². The van der Waals surface area contributed by atoms with Crippen molar-refractivity contribution < 1.29 is 14.4 Å². The van der Waals surface area contributed by atoms with Crippen LogP contribution in [0.3, 0.4) is 0 Å². The van der Waals surface area contributed by atoms with Gasteiger partial charge in [0.2, 0.25) is 0 Å². The van der Waals surface area contributed by atoms with Crippen molar-refractivity contribution >= 4 is 29.0 Å². The molecule has 3 heterocycles. The zero-order valence-electron chi connectivity index (χ0n) is 16.9. The first-order valence-electron chi connectivity index (χ1n) is 9.27. The van der Waals surface area contributed by atoms with Crippen molar-refractivity contribution in [2.24, 2.45) is 14.1 Å². The number of imide groups is 1. The number of nitrogens with one attached hydrogen (secondary N) is 2. The molecule has 0 saturated carbocycles. The number of carbonyl (C=O) groups is 3. The van der Waals surface area contributed by atoms with E-state index in [2.05, 4.69) is 15.7 Å². The highest BCUT2D eigenvalue weighted by Crippen LogP contribution is 2.27. The van der Waals surface area contributed by atoms with Gasteiger partial charge in [0.05, 0.1) is 6.33 Å². The van der Waals surface area contributed by atoms with Crippen molar-refractivity contribution in [3.63, 3.8) is 0 Å². The van der Waals surface area contributed by atoms with E-state index in [0.717, 1.165) is 4.57 Å². The molecule has 3 aromatic rings. The number of fused-ring (bicyclic) bond motifs is 1. The van der Waals surface area contributed by atoms with Crippen molar-refractivity contribution in [2.75, 3.05) is 0 Å². The molecule has 12 nitrogen and oxygen atoms in total. The largest absolute Gasteiger partial charge is 0.344 e. The average Bonchev–Trinajstić information content (AvgIpc) is 3.26. The van der Waals surface area contributed by atoms with Gasteiger partial charge in [0.15, 0.2) is 11.2 Å². The molecule has 1 saturated heterocycles. The third-order valence-electron chi connectivity index (χ3n) is 5.31. The minimum atomic E-state index is -1.33. The molecule has 1 aliphatic heterocycles. The summed E-state index contributed by atoms with van der Waals surface area (Å²) in [6.45, 7) is 1.14. The SMILES string of the molecule is Cn1c(=O)c2c(ncn2CC(=O)NN2C(=O)N[C@](C)(c3ccccc3)C2=O)n(C)c1=O. The standard InChI is InChI=1S/C19H19N7O5/c1-19(11-7-5-4-6-8-11)16(29)26(17(30)21-19)22-12(27)9-25-10-20-14-13(25)15(28)24(3)18(31)23(14)2/h4-8,10H,9H2,1-3H3,(H,21,30)(H,22,27)/t19-/m1/s1. The Hall–Kier alpha value is -4.22. The number of urea groups is 1. The van der Waals surface area contributed by atoms with Gasteiger partial charge in [0, 0.05) is 14.1 Å². The molecular formula is C19H19N7O5. The molecule has 0 spiro atoms. The van der Waals surface area contributed by atoms with E-state index in [-0.39, 0.29) is 11.2 Å². The molecule has 1 aromatic carbocycles. The number of rotatable bonds is 4. The molecule has 31 heavy (non-hydrogen) atoms. The first-order chi connectivity index (χ1) is 14.6. The Morgan fingerprint density at radius 3 is 2.45 bits per heavy atom. The highest BCUT2D eigenvalue weighted by molar-refractivity contribution is 6.08. The predicted molar refractivity (Wildman–Crippen MR) is 108 cm³/mol. The molecule has 0 radical (unpaired) electrons. The maximum atomic E-state index is 12.9. The Bertz CT molecular complexity index is 1350. The fourth-order valence-corrected chi connectivity index (χ4v) is 3.54. The van der Waals surface area contributed by atoms with Gasteiger partial charge in [-0.15, -0.1) is 0 Å². The van der Waals surface area contributed by atoms with Crippen LogP contribution in [0.2, 0.25) is 0 Å². The lowest BCUT2D eigenvalue weighted by atomic mass is 9.92. The fourth-order valence-electron chi connectivity index (χ4n) is 3.54. The monoisotopic (exact) mass is 425 g/mol. The molecule has 0 bridgehead atoms. The van der Waals surface area contributed by atoms with E-state index in [4.69, 9.17) is 0 Å². The van der Waals surface area contributed by atoms with Crippen LogP contribution in [-0.2, 0) is 35.8 Å². The van der Waals surface area contributed by atoms with Gasteiger partial charge in [0.25, 0.3) is 17.4 Å². The Labute approximate surface area is 174 Å². The fraction of sp³-hybridized carbons (Fsp3) is 0.263. The molecular weight excluding hydrogens is 406 g/mol. The number of hydrazine groups is 1. The van der Waals surface area contributed by atoms with E-state index in [1.54, 1.807) is 37.3 Å². The van der Waals surface area contributed by atoms with E-state index in [9.17, 15) is 24.0 Å². The number of aryl methyl sites for hydroxylation is 1.